The lowest BCUT2D eigenvalue weighted by atomic mass is 9.94. The van der Waals surface area contributed by atoms with Crippen LogP contribution in [-0.4, -0.2) is 26.4 Å². The molecule has 0 aromatic carbocycles. The number of piperidine rings is 1. The summed E-state index contributed by atoms with van der Waals surface area (Å²) in [5.41, 5.74) is 0. The van der Waals surface area contributed by atoms with Crippen molar-refractivity contribution in [1.82, 2.24) is 9.88 Å². The third kappa shape index (κ3) is 3.14. The molecule has 0 spiro atoms. The van der Waals surface area contributed by atoms with Crippen LogP contribution in [0.1, 0.15) is 31.2 Å². The molecule has 0 N–H and O–H groups in total. The summed E-state index contributed by atoms with van der Waals surface area (Å²) in [6, 6.07) is 0. The van der Waals surface area contributed by atoms with Gasteiger partial charge in [0.05, 0.1) is 6.54 Å². The van der Waals surface area contributed by atoms with Crippen molar-refractivity contribution >= 4 is 33.9 Å². The summed E-state index contributed by atoms with van der Waals surface area (Å²) >= 11 is 4.42. The summed E-state index contributed by atoms with van der Waals surface area (Å²) in [5.74, 6) is 0. The van der Waals surface area contributed by atoms with Crippen LogP contribution in [0.2, 0.25) is 0 Å². The third-order valence-corrected chi connectivity index (χ3v) is 5.83. The zero-order valence-electron chi connectivity index (χ0n) is 9.08. The minimum absolute atomic E-state index is 0.567. The SMILES string of the molecule is CCC1(I)CCN(Cc2nccs2)CC1. The van der Waals surface area contributed by atoms with Gasteiger partial charge in [0.15, 0.2) is 0 Å². The predicted molar refractivity (Wildman–Crippen MR) is 73.7 cm³/mol. The lowest BCUT2D eigenvalue weighted by Gasteiger charge is -2.37. The number of thiazole rings is 1. The van der Waals surface area contributed by atoms with Crippen LogP contribution in [0.15, 0.2) is 11.6 Å². The molecule has 1 aliphatic rings. The molecule has 1 aromatic heterocycles. The topological polar surface area (TPSA) is 16.1 Å². The second-order valence-corrected chi connectivity index (χ2v) is 7.47. The first-order valence-electron chi connectivity index (χ1n) is 5.51. The van der Waals surface area contributed by atoms with Crippen molar-refractivity contribution in [2.45, 2.75) is 36.2 Å². The number of hydrogen-bond acceptors (Lipinski definition) is 3. The van der Waals surface area contributed by atoms with Gasteiger partial charge in [-0.15, -0.1) is 11.3 Å². The molecule has 15 heavy (non-hydrogen) atoms. The fourth-order valence-electron chi connectivity index (χ4n) is 1.99. The average molecular weight is 336 g/mol. The first kappa shape index (κ1) is 11.8. The Morgan fingerprint density at radius 1 is 1.53 bits per heavy atom. The molecule has 84 valence electrons. The van der Waals surface area contributed by atoms with E-state index in [9.17, 15) is 0 Å². The van der Waals surface area contributed by atoms with Crippen LogP contribution < -0.4 is 0 Å². The Bertz CT molecular complexity index is 292. The summed E-state index contributed by atoms with van der Waals surface area (Å²) in [5, 5.41) is 3.32. The minimum atomic E-state index is 0.567. The van der Waals surface area contributed by atoms with Gasteiger partial charge in [-0.1, -0.05) is 29.5 Å². The molecule has 0 saturated carbocycles. The van der Waals surface area contributed by atoms with Gasteiger partial charge >= 0.3 is 0 Å². The monoisotopic (exact) mass is 336 g/mol. The number of alkyl halides is 1. The van der Waals surface area contributed by atoms with Crippen LogP contribution in [0.5, 0.6) is 0 Å². The second-order valence-electron chi connectivity index (χ2n) is 4.21. The quantitative estimate of drug-likeness (QED) is 0.622. The Morgan fingerprint density at radius 3 is 2.80 bits per heavy atom. The molecule has 0 aliphatic carbocycles. The van der Waals surface area contributed by atoms with E-state index in [4.69, 9.17) is 0 Å². The molecule has 1 aliphatic heterocycles. The van der Waals surface area contributed by atoms with Crippen LogP contribution in [-0.2, 0) is 6.54 Å². The number of likely N-dealkylation sites (tertiary alicyclic amines) is 1. The van der Waals surface area contributed by atoms with E-state index in [0.717, 1.165) is 6.54 Å². The number of nitrogens with zero attached hydrogens (tertiary/aromatic N) is 2. The van der Waals surface area contributed by atoms with Gasteiger partial charge in [0.1, 0.15) is 5.01 Å². The maximum absolute atomic E-state index is 4.34. The normalized spacial score (nSPS) is 21.7. The molecule has 0 radical (unpaired) electrons. The van der Waals surface area contributed by atoms with Crippen molar-refractivity contribution in [2.24, 2.45) is 0 Å². The Balaban J connectivity index is 1.84. The van der Waals surface area contributed by atoms with E-state index in [1.165, 1.54) is 37.4 Å². The number of rotatable bonds is 3. The van der Waals surface area contributed by atoms with E-state index in [2.05, 4.69) is 44.8 Å². The predicted octanol–water partition coefficient (Wildman–Crippen LogP) is 3.32. The van der Waals surface area contributed by atoms with Gasteiger partial charge in [-0.05, 0) is 32.4 Å². The van der Waals surface area contributed by atoms with E-state index in [-0.39, 0.29) is 0 Å². The van der Waals surface area contributed by atoms with E-state index < -0.39 is 0 Å². The van der Waals surface area contributed by atoms with Crippen LogP contribution in [0.25, 0.3) is 0 Å². The molecule has 1 saturated heterocycles. The Hall–Kier alpha value is 0.320. The Labute approximate surface area is 109 Å². The Morgan fingerprint density at radius 2 is 2.27 bits per heavy atom. The summed E-state index contributed by atoms with van der Waals surface area (Å²) in [6.07, 6.45) is 5.86. The van der Waals surface area contributed by atoms with Gasteiger partial charge in [-0.2, -0.15) is 0 Å². The number of hydrogen-bond donors (Lipinski definition) is 0. The molecule has 2 nitrogen and oxygen atoms in total. The molecular weight excluding hydrogens is 319 g/mol. The first-order valence-corrected chi connectivity index (χ1v) is 7.47. The van der Waals surface area contributed by atoms with Crippen LogP contribution in [0.3, 0.4) is 0 Å². The lowest BCUT2D eigenvalue weighted by Crippen LogP contribution is -2.39. The van der Waals surface area contributed by atoms with Crippen molar-refractivity contribution in [3.05, 3.63) is 16.6 Å². The lowest BCUT2D eigenvalue weighted by molar-refractivity contribution is 0.196. The van der Waals surface area contributed by atoms with Gasteiger partial charge in [0.25, 0.3) is 0 Å². The van der Waals surface area contributed by atoms with Gasteiger partial charge in [0, 0.05) is 15.0 Å². The van der Waals surface area contributed by atoms with Crippen molar-refractivity contribution in [1.29, 1.82) is 0 Å². The molecule has 0 amide bonds. The molecule has 4 heteroatoms. The maximum Gasteiger partial charge on any atom is 0.107 e. The molecule has 1 aromatic rings. The summed E-state index contributed by atoms with van der Waals surface area (Å²) in [4.78, 5) is 6.87. The van der Waals surface area contributed by atoms with Crippen molar-refractivity contribution in [2.75, 3.05) is 13.1 Å². The van der Waals surface area contributed by atoms with E-state index in [1.54, 1.807) is 11.3 Å². The fourth-order valence-corrected chi connectivity index (χ4v) is 3.13. The highest BCUT2D eigenvalue weighted by Crippen LogP contribution is 2.35. The highest BCUT2D eigenvalue weighted by molar-refractivity contribution is 14.1. The summed E-state index contributed by atoms with van der Waals surface area (Å²) in [7, 11) is 0. The maximum atomic E-state index is 4.34. The van der Waals surface area contributed by atoms with Crippen molar-refractivity contribution < 1.29 is 0 Å². The van der Waals surface area contributed by atoms with Gasteiger partial charge in [-0.3, -0.25) is 4.90 Å². The average Bonchev–Trinajstić information content (AvgIpc) is 2.75. The Kier molecular flexibility index (Phi) is 4.01. The molecule has 1 fully saturated rings. The molecule has 2 rings (SSSR count). The first-order chi connectivity index (χ1) is 7.22. The van der Waals surface area contributed by atoms with Crippen molar-refractivity contribution in [3.63, 3.8) is 0 Å². The van der Waals surface area contributed by atoms with E-state index in [1.807, 2.05) is 6.20 Å². The minimum Gasteiger partial charge on any atom is -0.297 e. The summed E-state index contributed by atoms with van der Waals surface area (Å²) < 4.78 is 0.567. The van der Waals surface area contributed by atoms with Crippen LogP contribution in [0.4, 0.5) is 0 Å². The number of aromatic nitrogens is 1. The standard InChI is InChI=1S/C11H17IN2S/c1-2-11(12)3-6-14(7-4-11)9-10-13-5-8-15-10/h5,8H,2-4,6-7,9H2,1H3. The van der Waals surface area contributed by atoms with Crippen LogP contribution in [0, 0.1) is 0 Å². The highest BCUT2D eigenvalue weighted by atomic mass is 127. The molecule has 0 unspecified atom stereocenters. The second kappa shape index (κ2) is 5.10. The highest BCUT2D eigenvalue weighted by Gasteiger charge is 2.29. The van der Waals surface area contributed by atoms with E-state index in [0.29, 0.717) is 3.42 Å². The summed E-state index contributed by atoms with van der Waals surface area (Å²) in [6.45, 7) is 5.82. The molecular formula is C11H17IN2S. The largest absolute Gasteiger partial charge is 0.297 e. The van der Waals surface area contributed by atoms with Gasteiger partial charge < -0.3 is 0 Å². The van der Waals surface area contributed by atoms with Gasteiger partial charge in [-0.25, -0.2) is 4.98 Å². The van der Waals surface area contributed by atoms with Gasteiger partial charge in [0.2, 0.25) is 0 Å². The number of halogens is 1. The van der Waals surface area contributed by atoms with Crippen LogP contribution >= 0.6 is 33.9 Å². The zero-order valence-corrected chi connectivity index (χ0v) is 12.1. The fraction of sp³-hybridized carbons (Fsp3) is 0.727. The van der Waals surface area contributed by atoms with Crippen molar-refractivity contribution in [3.8, 4) is 0 Å². The van der Waals surface area contributed by atoms with E-state index >= 15 is 0 Å². The smallest absolute Gasteiger partial charge is 0.107 e. The molecule has 0 bridgehead atoms. The molecule has 2 heterocycles. The zero-order chi connectivity index (χ0) is 10.7. The third-order valence-electron chi connectivity index (χ3n) is 3.23. The molecule has 0 atom stereocenters.